The van der Waals surface area contributed by atoms with E-state index < -0.39 is 35.1 Å². The first kappa shape index (κ1) is 25.2. The minimum Gasteiger partial charge on any atom is -0.394 e. The first-order chi connectivity index (χ1) is 17.4. The number of fused-ring (bicyclic) bond motifs is 1. The third-order valence-corrected chi connectivity index (χ3v) is 8.94. The molecule has 5 rings (SSSR count). The van der Waals surface area contributed by atoms with Gasteiger partial charge < -0.3 is 25.4 Å². The molecule has 0 radical (unpaired) electrons. The van der Waals surface area contributed by atoms with Crippen molar-refractivity contribution in [1.82, 2.24) is 15.5 Å². The van der Waals surface area contributed by atoms with Gasteiger partial charge in [0.2, 0.25) is 17.7 Å². The maximum atomic E-state index is 14.3. The van der Waals surface area contributed by atoms with Gasteiger partial charge in [0, 0.05) is 12.6 Å². The number of carbonyl (C=O) groups excluding carboxylic acids is 3. The van der Waals surface area contributed by atoms with Crippen LogP contribution in [0.15, 0.2) is 30.3 Å². The van der Waals surface area contributed by atoms with Gasteiger partial charge in [0.25, 0.3) is 0 Å². The Kier molecular flexibility index (Phi) is 6.85. The molecule has 3 N–H and O–H groups in total. The summed E-state index contributed by atoms with van der Waals surface area (Å²) in [6.45, 7) is 4.10. The highest BCUT2D eigenvalue weighted by Crippen LogP contribution is 2.64. The summed E-state index contributed by atoms with van der Waals surface area (Å²) in [5.41, 5.74) is -1.12. The van der Waals surface area contributed by atoms with E-state index in [9.17, 15) is 19.5 Å². The van der Waals surface area contributed by atoms with E-state index >= 15 is 0 Å². The second kappa shape index (κ2) is 9.78. The molecule has 3 aliphatic heterocycles. The van der Waals surface area contributed by atoms with Crippen molar-refractivity contribution < 1.29 is 24.2 Å². The highest BCUT2D eigenvalue weighted by atomic mass is 16.5. The van der Waals surface area contributed by atoms with Gasteiger partial charge in [-0.25, -0.2) is 0 Å². The fourth-order valence-electron chi connectivity index (χ4n) is 7.31. The van der Waals surface area contributed by atoms with Crippen LogP contribution >= 0.6 is 0 Å². The topological polar surface area (TPSA) is 108 Å². The van der Waals surface area contributed by atoms with E-state index in [1.54, 1.807) is 4.90 Å². The lowest BCUT2D eigenvalue weighted by atomic mass is 9.66. The average Bonchev–Trinajstić information content (AvgIpc) is 3.45. The molecule has 6 atom stereocenters. The molecule has 2 bridgehead atoms. The molecule has 8 heteroatoms. The zero-order valence-corrected chi connectivity index (χ0v) is 21.4. The number of aliphatic hydroxyl groups excluding tert-OH is 1. The van der Waals surface area contributed by atoms with Gasteiger partial charge >= 0.3 is 0 Å². The number of likely N-dealkylation sites (tertiary alicyclic amines) is 1. The number of ether oxygens (including phenoxy) is 1. The summed E-state index contributed by atoms with van der Waals surface area (Å²) in [5, 5.41) is 16.7. The Morgan fingerprint density at radius 2 is 1.86 bits per heavy atom. The van der Waals surface area contributed by atoms with Crippen molar-refractivity contribution in [3.63, 3.8) is 0 Å². The maximum absolute atomic E-state index is 14.3. The molecule has 4 aliphatic rings. The predicted molar refractivity (Wildman–Crippen MR) is 134 cm³/mol. The van der Waals surface area contributed by atoms with Gasteiger partial charge in [0.1, 0.15) is 11.6 Å². The molecule has 36 heavy (non-hydrogen) atoms. The van der Waals surface area contributed by atoms with E-state index in [0.717, 1.165) is 37.7 Å². The molecular formula is C28H39N3O5. The Bertz CT molecular complexity index is 996. The molecule has 3 heterocycles. The zero-order valence-electron chi connectivity index (χ0n) is 21.4. The van der Waals surface area contributed by atoms with Crippen molar-refractivity contribution in [1.29, 1.82) is 0 Å². The number of hydrogen-bond donors (Lipinski definition) is 3. The quantitative estimate of drug-likeness (QED) is 0.511. The number of benzene rings is 1. The minimum absolute atomic E-state index is 0.0702. The van der Waals surface area contributed by atoms with Crippen LogP contribution in [0.25, 0.3) is 0 Å². The van der Waals surface area contributed by atoms with Gasteiger partial charge in [-0.1, -0.05) is 56.5 Å². The number of nitrogens with zero attached hydrogens (tertiary/aromatic N) is 1. The second-order valence-corrected chi connectivity index (χ2v) is 11.2. The number of nitrogens with one attached hydrogen (secondary N) is 2. The molecule has 2 unspecified atom stereocenters. The monoisotopic (exact) mass is 497 g/mol. The highest BCUT2D eigenvalue weighted by Gasteiger charge is 2.78. The van der Waals surface area contributed by atoms with Crippen LogP contribution in [0.3, 0.4) is 0 Å². The molecule has 196 valence electrons. The summed E-state index contributed by atoms with van der Waals surface area (Å²) in [6, 6.07) is 7.79. The standard InChI is InChI=1S/C28H39N3O5/c1-3-16-29-24(33)21-22-26(35)31(20(17-32)18-10-6-4-7-11-18)23(28(22)15-14-27(21,2)36-28)25(34)30-19-12-8-5-9-13-19/h4,6-7,10-11,19-23,32H,3,5,8-9,12-17H2,1-2H3,(H,29,33)(H,30,34)/t20-,21+,22+,23?,27-,28?/m1/s1. The van der Waals surface area contributed by atoms with Gasteiger partial charge in [0.15, 0.2) is 0 Å². The lowest BCUT2D eigenvalue weighted by molar-refractivity contribution is -0.150. The van der Waals surface area contributed by atoms with Gasteiger partial charge in [-0.3, -0.25) is 14.4 Å². The SMILES string of the molecule is CCCNC(=O)[C@@H]1[C@H]2C(=O)N([C@H](CO)c3ccccc3)C(C(=O)NC3CCCCC3)C23CC[C@@]1(C)O3. The van der Waals surface area contributed by atoms with Gasteiger partial charge in [-0.2, -0.15) is 0 Å². The molecule has 4 fully saturated rings. The first-order valence-corrected chi connectivity index (χ1v) is 13.6. The number of amides is 3. The summed E-state index contributed by atoms with van der Waals surface area (Å²) in [4.78, 5) is 43.2. The summed E-state index contributed by atoms with van der Waals surface area (Å²) in [7, 11) is 0. The first-order valence-electron chi connectivity index (χ1n) is 13.6. The van der Waals surface area contributed by atoms with Crippen LogP contribution in [0.1, 0.15) is 76.8 Å². The van der Waals surface area contributed by atoms with Gasteiger partial charge in [0.05, 0.1) is 30.1 Å². The Hall–Kier alpha value is -2.45. The summed E-state index contributed by atoms with van der Waals surface area (Å²) in [5.74, 6) is -2.12. The van der Waals surface area contributed by atoms with Crippen molar-refractivity contribution in [2.24, 2.45) is 11.8 Å². The van der Waals surface area contributed by atoms with Crippen molar-refractivity contribution in [2.45, 2.75) is 94.5 Å². The summed E-state index contributed by atoms with van der Waals surface area (Å²) in [6.07, 6.45) is 7.09. The zero-order chi connectivity index (χ0) is 25.5. The summed E-state index contributed by atoms with van der Waals surface area (Å²) >= 11 is 0. The molecule has 1 saturated carbocycles. The van der Waals surface area contributed by atoms with Crippen LogP contribution in [0, 0.1) is 11.8 Å². The minimum atomic E-state index is -1.08. The fourth-order valence-corrected chi connectivity index (χ4v) is 7.31. The lowest BCUT2D eigenvalue weighted by Gasteiger charge is -2.38. The van der Waals surface area contributed by atoms with E-state index in [0.29, 0.717) is 19.4 Å². The molecular weight excluding hydrogens is 458 g/mol. The Morgan fingerprint density at radius 1 is 1.14 bits per heavy atom. The number of aliphatic hydroxyl groups is 1. The van der Waals surface area contributed by atoms with E-state index in [1.807, 2.05) is 44.2 Å². The predicted octanol–water partition coefficient (Wildman–Crippen LogP) is 2.46. The van der Waals surface area contributed by atoms with Crippen molar-refractivity contribution >= 4 is 17.7 Å². The average molecular weight is 498 g/mol. The third kappa shape index (κ3) is 3.93. The van der Waals surface area contributed by atoms with Gasteiger partial charge in [-0.15, -0.1) is 0 Å². The molecule has 1 aliphatic carbocycles. The fraction of sp³-hybridized carbons (Fsp3) is 0.679. The van der Waals surface area contributed by atoms with Crippen molar-refractivity contribution in [2.75, 3.05) is 13.2 Å². The Labute approximate surface area is 213 Å². The second-order valence-electron chi connectivity index (χ2n) is 11.2. The van der Waals surface area contributed by atoms with Crippen molar-refractivity contribution in [3.8, 4) is 0 Å². The molecule has 0 aromatic heterocycles. The van der Waals surface area contributed by atoms with Crippen LogP contribution < -0.4 is 10.6 Å². The van der Waals surface area contributed by atoms with E-state index in [2.05, 4.69) is 10.6 Å². The van der Waals surface area contributed by atoms with E-state index in [-0.39, 0.29) is 30.4 Å². The van der Waals surface area contributed by atoms with Crippen LogP contribution in [0.2, 0.25) is 0 Å². The van der Waals surface area contributed by atoms with Crippen LogP contribution in [-0.2, 0) is 19.1 Å². The van der Waals surface area contributed by atoms with Crippen LogP contribution in [-0.4, -0.2) is 64.2 Å². The largest absolute Gasteiger partial charge is 0.394 e. The summed E-state index contributed by atoms with van der Waals surface area (Å²) < 4.78 is 6.67. The molecule has 3 amide bonds. The molecule has 1 aromatic carbocycles. The lowest BCUT2D eigenvalue weighted by Crippen LogP contribution is -2.57. The normalized spacial score (nSPS) is 34.5. The molecule has 1 aromatic rings. The Balaban J connectivity index is 1.55. The number of hydrogen-bond acceptors (Lipinski definition) is 5. The van der Waals surface area contributed by atoms with E-state index in [4.69, 9.17) is 4.74 Å². The molecule has 3 saturated heterocycles. The van der Waals surface area contributed by atoms with Crippen LogP contribution in [0.5, 0.6) is 0 Å². The molecule has 8 nitrogen and oxygen atoms in total. The van der Waals surface area contributed by atoms with Crippen molar-refractivity contribution in [3.05, 3.63) is 35.9 Å². The Morgan fingerprint density at radius 3 is 2.53 bits per heavy atom. The number of rotatable bonds is 8. The van der Waals surface area contributed by atoms with Crippen LogP contribution in [0.4, 0.5) is 0 Å². The van der Waals surface area contributed by atoms with Gasteiger partial charge in [-0.05, 0) is 44.6 Å². The number of carbonyl (C=O) groups is 3. The van der Waals surface area contributed by atoms with E-state index in [1.165, 1.54) is 6.42 Å². The smallest absolute Gasteiger partial charge is 0.246 e. The highest BCUT2D eigenvalue weighted by molar-refractivity contribution is 5.99. The maximum Gasteiger partial charge on any atom is 0.246 e. The third-order valence-electron chi connectivity index (χ3n) is 8.94. The molecule has 1 spiro atoms.